The molecule has 0 aliphatic carbocycles. The molecule has 0 saturated carbocycles. The lowest BCUT2D eigenvalue weighted by Gasteiger charge is -2.52. The quantitative estimate of drug-likeness (QED) is 0.692. The first-order chi connectivity index (χ1) is 5.67. The number of hydrogen-bond donors (Lipinski definition) is 1. The van der Waals surface area contributed by atoms with E-state index in [1.54, 1.807) is 0 Å². The summed E-state index contributed by atoms with van der Waals surface area (Å²) in [5.74, 6) is 0. The van der Waals surface area contributed by atoms with Gasteiger partial charge in [0.2, 0.25) is 0 Å². The predicted molar refractivity (Wildman–Crippen MR) is 51.1 cm³/mol. The van der Waals surface area contributed by atoms with Gasteiger partial charge in [0.15, 0.2) is 0 Å². The Morgan fingerprint density at radius 1 is 1.33 bits per heavy atom. The molecule has 1 heterocycles. The summed E-state index contributed by atoms with van der Waals surface area (Å²) >= 11 is 0. The fraction of sp³-hybridized carbons (Fsp3) is 1.00. The Kier molecular flexibility index (Phi) is 3.13. The molecule has 0 radical (unpaired) electrons. The zero-order valence-corrected chi connectivity index (χ0v) is 8.51. The second-order valence-corrected chi connectivity index (χ2v) is 4.14. The summed E-state index contributed by atoms with van der Waals surface area (Å²) in [6, 6.07) is 0.358. The van der Waals surface area contributed by atoms with Gasteiger partial charge in [-0.3, -0.25) is 4.90 Å². The molecule has 1 atom stereocenters. The number of aliphatic hydroxyl groups is 1. The van der Waals surface area contributed by atoms with E-state index < -0.39 is 0 Å². The van der Waals surface area contributed by atoms with E-state index in [1.807, 2.05) is 0 Å². The van der Waals surface area contributed by atoms with Gasteiger partial charge in [0.1, 0.15) is 0 Å². The SMILES string of the molecule is CCC1(CC)CN([C@@H](C)CO)C1. The van der Waals surface area contributed by atoms with Crippen molar-refractivity contribution >= 4 is 0 Å². The van der Waals surface area contributed by atoms with Crippen molar-refractivity contribution in [3.05, 3.63) is 0 Å². The van der Waals surface area contributed by atoms with E-state index in [0.717, 1.165) is 0 Å². The average Bonchev–Trinajstić information content (AvgIpc) is 2.04. The summed E-state index contributed by atoms with van der Waals surface area (Å²) in [5, 5.41) is 8.94. The number of aliphatic hydroxyl groups excluding tert-OH is 1. The minimum absolute atomic E-state index is 0.295. The van der Waals surface area contributed by atoms with Crippen molar-refractivity contribution in [2.24, 2.45) is 5.41 Å². The van der Waals surface area contributed by atoms with Gasteiger partial charge in [0, 0.05) is 19.1 Å². The molecule has 1 aliphatic rings. The lowest BCUT2D eigenvalue weighted by molar-refractivity contribution is -0.0451. The van der Waals surface area contributed by atoms with Crippen LogP contribution in [0.3, 0.4) is 0 Å². The van der Waals surface area contributed by atoms with Gasteiger partial charge >= 0.3 is 0 Å². The molecule has 2 nitrogen and oxygen atoms in total. The fourth-order valence-corrected chi connectivity index (χ4v) is 1.94. The van der Waals surface area contributed by atoms with E-state index in [-0.39, 0.29) is 0 Å². The minimum atomic E-state index is 0.295. The maximum atomic E-state index is 8.94. The zero-order chi connectivity index (χ0) is 9.19. The Morgan fingerprint density at radius 3 is 2.17 bits per heavy atom. The fourth-order valence-electron chi connectivity index (χ4n) is 1.94. The lowest BCUT2D eigenvalue weighted by atomic mass is 9.74. The van der Waals surface area contributed by atoms with Crippen LogP contribution >= 0.6 is 0 Å². The molecule has 0 aromatic carbocycles. The van der Waals surface area contributed by atoms with Crippen molar-refractivity contribution in [3.63, 3.8) is 0 Å². The molecule has 2 heteroatoms. The molecule has 0 aromatic heterocycles. The lowest BCUT2D eigenvalue weighted by Crippen LogP contribution is -2.59. The third kappa shape index (κ3) is 1.64. The van der Waals surface area contributed by atoms with E-state index >= 15 is 0 Å². The second kappa shape index (κ2) is 3.75. The van der Waals surface area contributed by atoms with E-state index in [2.05, 4.69) is 25.7 Å². The summed E-state index contributed by atoms with van der Waals surface area (Å²) in [7, 11) is 0. The Hall–Kier alpha value is -0.0800. The Bertz CT molecular complexity index is 135. The van der Waals surface area contributed by atoms with Crippen LogP contribution < -0.4 is 0 Å². The summed E-state index contributed by atoms with van der Waals surface area (Å²) in [6.45, 7) is 9.29. The van der Waals surface area contributed by atoms with Gasteiger partial charge in [-0.25, -0.2) is 0 Å². The maximum Gasteiger partial charge on any atom is 0.0584 e. The van der Waals surface area contributed by atoms with Crippen LogP contribution in [0, 0.1) is 5.41 Å². The van der Waals surface area contributed by atoms with E-state index in [1.165, 1.54) is 25.9 Å². The van der Waals surface area contributed by atoms with Crippen molar-refractivity contribution in [3.8, 4) is 0 Å². The molecule has 1 fully saturated rings. The first kappa shape index (κ1) is 10.0. The van der Waals surface area contributed by atoms with Crippen LogP contribution in [0.5, 0.6) is 0 Å². The van der Waals surface area contributed by atoms with Gasteiger partial charge < -0.3 is 5.11 Å². The monoisotopic (exact) mass is 171 g/mol. The number of hydrogen-bond acceptors (Lipinski definition) is 2. The highest BCUT2D eigenvalue weighted by Gasteiger charge is 2.41. The summed E-state index contributed by atoms with van der Waals surface area (Å²) in [4.78, 5) is 2.37. The first-order valence-electron chi connectivity index (χ1n) is 5.02. The number of likely N-dealkylation sites (tertiary alicyclic amines) is 1. The summed E-state index contributed by atoms with van der Waals surface area (Å²) in [5.41, 5.74) is 0.573. The maximum absolute atomic E-state index is 8.94. The van der Waals surface area contributed by atoms with Crippen molar-refractivity contribution in [1.29, 1.82) is 0 Å². The highest BCUT2D eigenvalue weighted by molar-refractivity contribution is 4.94. The molecular formula is C10H21NO. The molecule has 0 amide bonds. The Labute approximate surface area is 75.6 Å². The van der Waals surface area contributed by atoms with Crippen molar-refractivity contribution in [2.45, 2.75) is 39.7 Å². The molecule has 0 aromatic rings. The first-order valence-corrected chi connectivity index (χ1v) is 5.02. The number of rotatable bonds is 4. The molecule has 1 N–H and O–H groups in total. The zero-order valence-electron chi connectivity index (χ0n) is 8.51. The minimum Gasteiger partial charge on any atom is -0.395 e. The molecule has 0 unspecified atom stereocenters. The third-order valence-corrected chi connectivity index (χ3v) is 3.46. The summed E-state index contributed by atoms with van der Waals surface area (Å²) < 4.78 is 0. The third-order valence-electron chi connectivity index (χ3n) is 3.46. The molecule has 1 rings (SSSR count). The van der Waals surface area contributed by atoms with E-state index in [4.69, 9.17) is 5.11 Å². The van der Waals surface area contributed by atoms with Crippen LogP contribution in [0.15, 0.2) is 0 Å². The van der Waals surface area contributed by atoms with Crippen LogP contribution in [0.1, 0.15) is 33.6 Å². The molecule has 0 bridgehead atoms. The molecule has 1 saturated heterocycles. The molecule has 1 aliphatic heterocycles. The van der Waals surface area contributed by atoms with E-state index in [0.29, 0.717) is 18.1 Å². The van der Waals surface area contributed by atoms with Crippen molar-refractivity contribution in [1.82, 2.24) is 4.90 Å². The van der Waals surface area contributed by atoms with Gasteiger partial charge in [-0.1, -0.05) is 13.8 Å². The van der Waals surface area contributed by atoms with Crippen LogP contribution in [0.25, 0.3) is 0 Å². The van der Waals surface area contributed by atoms with Gasteiger partial charge in [0.05, 0.1) is 6.61 Å². The molecule has 0 spiro atoms. The van der Waals surface area contributed by atoms with Crippen LogP contribution in [-0.4, -0.2) is 35.7 Å². The number of nitrogens with zero attached hydrogens (tertiary/aromatic N) is 1. The predicted octanol–water partition coefficient (Wildman–Crippen LogP) is 1.49. The highest BCUT2D eigenvalue weighted by Crippen LogP contribution is 2.37. The smallest absolute Gasteiger partial charge is 0.0584 e. The van der Waals surface area contributed by atoms with Crippen molar-refractivity contribution < 1.29 is 5.11 Å². The molecular weight excluding hydrogens is 150 g/mol. The summed E-state index contributed by atoms with van der Waals surface area (Å²) in [6.07, 6.45) is 2.55. The van der Waals surface area contributed by atoms with Crippen LogP contribution in [0.4, 0.5) is 0 Å². The standard InChI is InChI=1S/C10H21NO/c1-4-10(5-2)7-11(8-10)9(3)6-12/h9,12H,4-8H2,1-3H3/t9-/m0/s1. The highest BCUT2D eigenvalue weighted by atomic mass is 16.3. The molecule has 12 heavy (non-hydrogen) atoms. The van der Waals surface area contributed by atoms with Gasteiger partial charge in [-0.15, -0.1) is 0 Å². The average molecular weight is 171 g/mol. The Balaban J connectivity index is 2.34. The van der Waals surface area contributed by atoms with Gasteiger partial charge in [0.25, 0.3) is 0 Å². The largest absolute Gasteiger partial charge is 0.395 e. The van der Waals surface area contributed by atoms with Crippen LogP contribution in [-0.2, 0) is 0 Å². The molecule has 72 valence electrons. The topological polar surface area (TPSA) is 23.5 Å². The van der Waals surface area contributed by atoms with Crippen LogP contribution in [0.2, 0.25) is 0 Å². The van der Waals surface area contributed by atoms with Gasteiger partial charge in [-0.2, -0.15) is 0 Å². The van der Waals surface area contributed by atoms with Gasteiger partial charge in [-0.05, 0) is 25.2 Å². The Morgan fingerprint density at radius 2 is 1.83 bits per heavy atom. The van der Waals surface area contributed by atoms with E-state index in [9.17, 15) is 0 Å². The second-order valence-electron chi connectivity index (χ2n) is 4.14. The normalized spacial score (nSPS) is 25.0. The van der Waals surface area contributed by atoms with Crippen molar-refractivity contribution in [2.75, 3.05) is 19.7 Å².